The molecule has 0 aliphatic rings. The summed E-state index contributed by atoms with van der Waals surface area (Å²) in [6.45, 7) is 6.65. The Morgan fingerprint density at radius 1 is 0.284 bits per heavy atom. The summed E-state index contributed by atoms with van der Waals surface area (Å²) in [4.78, 5) is 38.1. The molecule has 0 radical (unpaired) electrons. The standard InChI is InChI=1S/C61H114O6/c1-4-7-10-13-16-19-22-25-27-28-29-30-31-32-34-37-40-43-46-49-52-55-61(64)67-58(56-65-59(62)53-50-47-44-41-38-35-24-21-18-15-12-9-6-3)57-66-60(63)54-51-48-45-42-39-36-33-26-23-20-17-14-11-8-5-2/h20-21,23-24,58H,4-19,22,25-57H2,1-3H3/b23-20-,24-21-/t58-/m0/s1. The van der Waals surface area contributed by atoms with Gasteiger partial charge in [-0.1, -0.05) is 263 Å². The maximum atomic E-state index is 12.9. The van der Waals surface area contributed by atoms with Crippen LogP contribution in [-0.2, 0) is 28.6 Å². The molecule has 6 heteroatoms. The number of carbonyl (C=O) groups excluding carboxylic acids is 3. The second kappa shape index (κ2) is 56.5. The van der Waals surface area contributed by atoms with Crippen molar-refractivity contribution in [3.8, 4) is 0 Å². The molecular formula is C61H114O6. The lowest BCUT2D eigenvalue weighted by Crippen LogP contribution is -2.30. The van der Waals surface area contributed by atoms with Gasteiger partial charge in [-0.3, -0.25) is 14.4 Å². The van der Waals surface area contributed by atoms with Crippen LogP contribution in [0.15, 0.2) is 24.3 Å². The highest BCUT2D eigenvalue weighted by atomic mass is 16.6. The van der Waals surface area contributed by atoms with Gasteiger partial charge >= 0.3 is 17.9 Å². The molecule has 1 atom stereocenters. The first-order valence-corrected chi connectivity index (χ1v) is 29.8. The van der Waals surface area contributed by atoms with Crippen molar-refractivity contribution < 1.29 is 28.6 Å². The van der Waals surface area contributed by atoms with Crippen LogP contribution in [0.3, 0.4) is 0 Å². The number of ether oxygens (including phenoxy) is 3. The summed E-state index contributed by atoms with van der Waals surface area (Å²) in [5, 5.41) is 0. The van der Waals surface area contributed by atoms with Crippen molar-refractivity contribution in [2.45, 2.75) is 335 Å². The van der Waals surface area contributed by atoms with Crippen LogP contribution in [-0.4, -0.2) is 37.2 Å². The van der Waals surface area contributed by atoms with Gasteiger partial charge in [0.05, 0.1) is 0 Å². The zero-order chi connectivity index (χ0) is 48.6. The van der Waals surface area contributed by atoms with E-state index in [1.165, 1.54) is 225 Å². The molecule has 0 unspecified atom stereocenters. The number of hydrogen-bond donors (Lipinski definition) is 0. The van der Waals surface area contributed by atoms with Crippen LogP contribution in [0.2, 0.25) is 0 Å². The van der Waals surface area contributed by atoms with E-state index < -0.39 is 6.10 Å². The van der Waals surface area contributed by atoms with Crippen LogP contribution >= 0.6 is 0 Å². The van der Waals surface area contributed by atoms with Crippen LogP contribution in [0.5, 0.6) is 0 Å². The lowest BCUT2D eigenvalue weighted by atomic mass is 10.0. The van der Waals surface area contributed by atoms with Crippen molar-refractivity contribution >= 4 is 17.9 Å². The lowest BCUT2D eigenvalue weighted by molar-refractivity contribution is -0.167. The molecule has 0 fully saturated rings. The Morgan fingerprint density at radius 2 is 0.493 bits per heavy atom. The molecule has 0 spiro atoms. The second-order valence-electron chi connectivity index (χ2n) is 20.3. The smallest absolute Gasteiger partial charge is 0.306 e. The summed E-state index contributed by atoms with van der Waals surface area (Å²) >= 11 is 0. The van der Waals surface area contributed by atoms with E-state index in [4.69, 9.17) is 14.2 Å². The molecule has 0 N–H and O–H groups in total. The normalized spacial score (nSPS) is 12.1. The van der Waals surface area contributed by atoms with Crippen molar-refractivity contribution in [2.24, 2.45) is 0 Å². The fraction of sp³-hybridized carbons (Fsp3) is 0.885. The van der Waals surface area contributed by atoms with E-state index in [0.29, 0.717) is 19.3 Å². The maximum absolute atomic E-state index is 12.9. The van der Waals surface area contributed by atoms with E-state index in [-0.39, 0.29) is 31.1 Å². The SMILES string of the molecule is CCCCCC/C=C\CCCCCCCCCC(=O)OC[C@H](COC(=O)CCCCCCC/C=C\CCCCCC)OC(=O)CCCCCCCCCCCCCCCCCCCCCCC. The first-order valence-electron chi connectivity index (χ1n) is 29.8. The first-order chi connectivity index (χ1) is 33.0. The molecule has 67 heavy (non-hydrogen) atoms. The van der Waals surface area contributed by atoms with Gasteiger partial charge in [0.15, 0.2) is 6.10 Å². The monoisotopic (exact) mass is 943 g/mol. The van der Waals surface area contributed by atoms with Crippen molar-refractivity contribution in [1.82, 2.24) is 0 Å². The fourth-order valence-electron chi connectivity index (χ4n) is 8.91. The van der Waals surface area contributed by atoms with Gasteiger partial charge in [0.1, 0.15) is 13.2 Å². The van der Waals surface area contributed by atoms with E-state index in [2.05, 4.69) is 45.1 Å². The van der Waals surface area contributed by atoms with Crippen LogP contribution in [0.25, 0.3) is 0 Å². The predicted octanol–water partition coefficient (Wildman–Crippen LogP) is 19.9. The number of unbranched alkanes of at least 4 members (excludes halogenated alkanes) is 40. The maximum Gasteiger partial charge on any atom is 0.306 e. The summed E-state index contributed by atoms with van der Waals surface area (Å²) < 4.78 is 16.9. The lowest BCUT2D eigenvalue weighted by Gasteiger charge is -2.18. The van der Waals surface area contributed by atoms with E-state index >= 15 is 0 Å². The molecule has 0 saturated carbocycles. The molecular weight excluding hydrogens is 829 g/mol. The molecule has 0 heterocycles. The van der Waals surface area contributed by atoms with E-state index in [1.54, 1.807) is 0 Å². The number of carbonyl (C=O) groups is 3. The summed E-state index contributed by atoms with van der Waals surface area (Å²) in [5.74, 6) is -0.864. The highest BCUT2D eigenvalue weighted by molar-refractivity contribution is 5.71. The van der Waals surface area contributed by atoms with Gasteiger partial charge < -0.3 is 14.2 Å². The summed E-state index contributed by atoms with van der Waals surface area (Å²) in [5.41, 5.74) is 0. The van der Waals surface area contributed by atoms with Gasteiger partial charge in [0.2, 0.25) is 0 Å². The molecule has 0 aliphatic carbocycles. The Bertz CT molecular complexity index is 1080. The zero-order valence-corrected chi connectivity index (χ0v) is 45.2. The van der Waals surface area contributed by atoms with Crippen molar-refractivity contribution in [1.29, 1.82) is 0 Å². The average molecular weight is 944 g/mol. The van der Waals surface area contributed by atoms with E-state index in [0.717, 1.165) is 64.2 Å². The quantitative estimate of drug-likeness (QED) is 0.0262. The Kier molecular flexibility index (Phi) is 54.7. The van der Waals surface area contributed by atoms with Crippen molar-refractivity contribution in [2.75, 3.05) is 13.2 Å². The second-order valence-corrected chi connectivity index (χ2v) is 20.3. The van der Waals surface area contributed by atoms with Gasteiger partial charge in [-0.15, -0.1) is 0 Å². The van der Waals surface area contributed by atoms with Gasteiger partial charge in [0, 0.05) is 19.3 Å². The van der Waals surface area contributed by atoms with Crippen LogP contribution < -0.4 is 0 Å². The van der Waals surface area contributed by atoms with Gasteiger partial charge in [-0.25, -0.2) is 0 Å². The highest BCUT2D eigenvalue weighted by Crippen LogP contribution is 2.17. The molecule has 0 aromatic carbocycles. The third-order valence-electron chi connectivity index (χ3n) is 13.4. The van der Waals surface area contributed by atoms with E-state index in [9.17, 15) is 14.4 Å². The third-order valence-corrected chi connectivity index (χ3v) is 13.4. The van der Waals surface area contributed by atoms with E-state index in [1.807, 2.05) is 0 Å². The predicted molar refractivity (Wildman–Crippen MR) is 289 cm³/mol. The fourth-order valence-corrected chi connectivity index (χ4v) is 8.91. The van der Waals surface area contributed by atoms with Crippen LogP contribution in [0, 0.1) is 0 Å². The molecule has 0 bridgehead atoms. The molecule has 0 aromatic rings. The van der Waals surface area contributed by atoms with Gasteiger partial charge in [-0.2, -0.15) is 0 Å². The molecule has 6 nitrogen and oxygen atoms in total. The minimum atomic E-state index is -0.772. The van der Waals surface area contributed by atoms with Crippen molar-refractivity contribution in [3.63, 3.8) is 0 Å². The summed E-state index contributed by atoms with van der Waals surface area (Å²) in [7, 11) is 0. The Balaban J connectivity index is 4.29. The molecule has 0 aliphatic heterocycles. The third kappa shape index (κ3) is 54.7. The van der Waals surface area contributed by atoms with Crippen LogP contribution in [0.1, 0.15) is 329 Å². The Labute approximate surface area is 417 Å². The largest absolute Gasteiger partial charge is 0.462 e. The van der Waals surface area contributed by atoms with Crippen LogP contribution in [0.4, 0.5) is 0 Å². The average Bonchev–Trinajstić information content (AvgIpc) is 3.33. The molecule has 0 saturated heterocycles. The first kappa shape index (κ1) is 64.9. The molecule has 0 aromatic heterocycles. The highest BCUT2D eigenvalue weighted by Gasteiger charge is 2.19. The number of rotatable bonds is 55. The number of esters is 3. The Morgan fingerprint density at radius 3 is 0.761 bits per heavy atom. The number of allylic oxidation sites excluding steroid dienone is 4. The van der Waals surface area contributed by atoms with Gasteiger partial charge in [-0.05, 0) is 70.6 Å². The molecule has 394 valence electrons. The van der Waals surface area contributed by atoms with Crippen molar-refractivity contribution in [3.05, 3.63) is 24.3 Å². The van der Waals surface area contributed by atoms with Gasteiger partial charge in [0.25, 0.3) is 0 Å². The number of hydrogen-bond acceptors (Lipinski definition) is 6. The Hall–Kier alpha value is -2.11. The molecule has 0 rings (SSSR count). The topological polar surface area (TPSA) is 78.9 Å². The molecule has 0 amide bonds. The summed E-state index contributed by atoms with van der Waals surface area (Å²) in [6.07, 6.45) is 66.0. The minimum Gasteiger partial charge on any atom is -0.462 e. The zero-order valence-electron chi connectivity index (χ0n) is 45.2. The summed E-state index contributed by atoms with van der Waals surface area (Å²) in [6, 6.07) is 0. The minimum absolute atomic E-state index is 0.0719.